The first-order valence-corrected chi connectivity index (χ1v) is 11.4. The molecule has 4 atom stereocenters. The number of fused-ring (bicyclic) bond motifs is 1. The van der Waals surface area contributed by atoms with E-state index in [0.29, 0.717) is 13.0 Å². The summed E-state index contributed by atoms with van der Waals surface area (Å²) >= 11 is 0. The monoisotopic (exact) mass is 457 g/mol. The molecule has 2 fully saturated rings. The van der Waals surface area contributed by atoms with E-state index in [4.69, 9.17) is 18.9 Å². The molecule has 0 aromatic heterocycles. The first kappa shape index (κ1) is 23.4. The highest BCUT2D eigenvalue weighted by Crippen LogP contribution is 2.50. The molecule has 2 unspecified atom stereocenters. The third-order valence-electron chi connectivity index (χ3n) is 6.80. The number of esters is 1. The van der Waals surface area contributed by atoms with Crippen LogP contribution in [0.1, 0.15) is 45.1 Å². The molecule has 8 heteroatoms. The average molecular weight is 458 g/mol. The summed E-state index contributed by atoms with van der Waals surface area (Å²) in [6.07, 6.45) is 4.78. The molecule has 0 N–H and O–H groups in total. The van der Waals surface area contributed by atoms with Crippen molar-refractivity contribution in [2.24, 2.45) is 5.41 Å². The van der Waals surface area contributed by atoms with Gasteiger partial charge in [0.15, 0.2) is 12.1 Å². The molecule has 0 bridgehead atoms. The van der Waals surface area contributed by atoms with Crippen LogP contribution in [0.4, 0.5) is 4.79 Å². The minimum absolute atomic E-state index is 0.0423. The van der Waals surface area contributed by atoms with Gasteiger partial charge in [-0.05, 0) is 37.0 Å². The van der Waals surface area contributed by atoms with Gasteiger partial charge in [0.1, 0.15) is 18.2 Å². The lowest BCUT2D eigenvalue weighted by Crippen LogP contribution is -2.61. The van der Waals surface area contributed by atoms with Gasteiger partial charge < -0.3 is 18.9 Å². The Hall–Kier alpha value is -2.71. The van der Waals surface area contributed by atoms with Gasteiger partial charge in [-0.25, -0.2) is 9.59 Å². The lowest BCUT2D eigenvalue weighted by atomic mass is 9.68. The molecule has 1 aromatic rings. The molecule has 1 amide bonds. The summed E-state index contributed by atoms with van der Waals surface area (Å²) in [5.74, 6) is -0.729. The molecule has 2 saturated heterocycles. The number of nitrogens with zero attached hydrogens (tertiary/aromatic N) is 1. The van der Waals surface area contributed by atoms with E-state index in [-0.39, 0.29) is 18.8 Å². The van der Waals surface area contributed by atoms with Gasteiger partial charge in [0.25, 0.3) is 0 Å². The van der Waals surface area contributed by atoms with Crippen LogP contribution in [-0.4, -0.2) is 60.4 Å². The molecule has 0 spiro atoms. The number of hydrogen-bond acceptors (Lipinski definition) is 7. The van der Waals surface area contributed by atoms with Crippen molar-refractivity contribution in [2.45, 2.75) is 70.1 Å². The molecule has 1 aromatic carbocycles. The van der Waals surface area contributed by atoms with Gasteiger partial charge in [0.2, 0.25) is 0 Å². The van der Waals surface area contributed by atoms with Crippen LogP contribution in [0.15, 0.2) is 42.5 Å². The maximum absolute atomic E-state index is 13.4. The maximum atomic E-state index is 13.4. The van der Waals surface area contributed by atoms with Crippen LogP contribution in [0, 0.1) is 5.41 Å². The van der Waals surface area contributed by atoms with E-state index in [1.54, 1.807) is 19.9 Å². The van der Waals surface area contributed by atoms with E-state index in [1.807, 2.05) is 30.3 Å². The number of benzene rings is 1. The number of ketones is 1. The Morgan fingerprint density at radius 2 is 1.94 bits per heavy atom. The number of carbonyl (C=O) groups is 3. The Morgan fingerprint density at radius 3 is 2.61 bits per heavy atom. The van der Waals surface area contributed by atoms with Crippen LogP contribution in [-0.2, 0) is 35.1 Å². The van der Waals surface area contributed by atoms with Gasteiger partial charge in [0, 0.05) is 13.0 Å². The fourth-order valence-electron chi connectivity index (χ4n) is 5.17. The summed E-state index contributed by atoms with van der Waals surface area (Å²) in [6, 6.07) is 7.56. The smallest absolute Gasteiger partial charge is 0.411 e. The minimum atomic E-state index is -1.08. The van der Waals surface area contributed by atoms with Crippen molar-refractivity contribution < 1.29 is 33.3 Å². The van der Waals surface area contributed by atoms with Crippen LogP contribution in [0.25, 0.3) is 0 Å². The van der Waals surface area contributed by atoms with Crippen molar-refractivity contribution >= 4 is 17.8 Å². The first-order chi connectivity index (χ1) is 15.8. The fraction of sp³-hybridized carbons (Fsp3) is 0.560. The third kappa shape index (κ3) is 4.42. The quantitative estimate of drug-likeness (QED) is 0.626. The molecule has 0 radical (unpaired) electrons. The van der Waals surface area contributed by atoms with Gasteiger partial charge in [-0.15, -0.1) is 0 Å². The number of amides is 1. The Kier molecular flexibility index (Phi) is 6.59. The Morgan fingerprint density at radius 1 is 1.18 bits per heavy atom. The molecule has 0 saturated carbocycles. The summed E-state index contributed by atoms with van der Waals surface area (Å²) in [6.45, 7) is 4.16. The second-order valence-corrected chi connectivity index (χ2v) is 9.38. The molecular formula is C25H31NO7. The summed E-state index contributed by atoms with van der Waals surface area (Å²) in [5.41, 5.74) is -1.28. The Bertz CT molecular complexity index is 922. The Balaban J connectivity index is 1.69. The van der Waals surface area contributed by atoms with Crippen LogP contribution in [0.2, 0.25) is 0 Å². The number of methoxy groups -OCH3 is 1. The number of hydrogen-bond donors (Lipinski definition) is 0. The zero-order valence-corrected chi connectivity index (χ0v) is 19.3. The van der Waals surface area contributed by atoms with Crippen molar-refractivity contribution in [3.8, 4) is 0 Å². The van der Waals surface area contributed by atoms with Crippen molar-refractivity contribution in [2.75, 3.05) is 13.7 Å². The van der Waals surface area contributed by atoms with Gasteiger partial charge in [-0.1, -0.05) is 44.2 Å². The van der Waals surface area contributed by atoms with E-state index < -0.39 is 41.5 Å². The van der Waals surface area contributed by atoms with Gasteiger partial charge in [-0.2, -0.15) is 0 Å². The molecule has 2 aliphatic heterocycles. The Labute approximate surface area is 193 Å². The molecule has 8 nitrogen and oxygen atoms in total. The zero-order chi connectivity index (χ0) is 23.6. The second kappa shape index (κ2) is 9.27. The van der Waals surface area contributed by atoms with Crippen molar-refractivity contribution in [1.82, 2.24) is 4.90 Å². The third-order valence-corrected chi connectivity index (χ3v) is 6.80. The van der Waals surface area contributed by atoms with Crippen molar-refractivity contribution in [3.05, 3.63) is 48.0 Å². The highest BCUT2D eigenvalue weighted by Gasteiger charge is 2.65. The minimum Gasteiger partial charge on any atom is -0.467 e. The SMILES string of the molecule is COC(=O)[C@@H]1C[C@@]2(OC3CCCCO3)C=CC(=O)C(C)(C)C2N1C(=O)OCc1ccccc1. The van der Waals surface area contributed by atoms with Crippen LogP contribution in [0.5, 0.6) is 0 Å². The lowest BCUT2D eigenvalue weighted by Gasteiger charge is -2.47. The molecule has 2 heterocycles. The van der Waals surface area contributed by atoms with Crippen LogP contribution >= 0.6 is 0 Å². The summed E-state index contributed by atoms with van der Waals surface area (Å²) in [5, 5.41) is 0. The average Bonchev–Trinajstić information content (AvgIpc) is 3.17. The zero-order valence-electron chi connectivity index (χ0n) is 19.3. The lowest BCUT2D eigenvalue weighted by molar-refractivity contribution is -0.224. The van der Waals surface area contributed by atoms with Crippen molar-refractivity contribution in [3.63, 3.8) is 0 Å². The van der Waals surface area contributed by atoms with Crippen LogP contribution < -0.4 is 0 Å². The molecule has 178 valence electrons. The van der Waals surface area contributed by atoms with E-state index in [2.05, 4.69) is 0 Å². The maximum Gasteiger partial charge on any atom is 0.411 e. The molecular weight excluding hydrogens is 426 g/mol. The summed E-state index contributed by atoms with van der Waals surface area (Å²) < 4.78 is 22.9. The molecule has 1 aliphatic carbocycles. The molecule has 4 rings (SSSR count). The normalized spacial score (nSPS) is 30.6. The number of rotatable bonds is 5. The largest absolute Gasteiger partial charge is 0.467 e. The summed E-state index contributed by atoms with van der Waals surface area (Å²) in [4.78, 5) is 40.5. The van der Waals surface area contributed by atoms with E-state index in [1.165, 1.54) is 18.1 Å². The predicted molar refractivity (Wildman–Crippen MR) is 118 cm³/mol. The van der Waals surface area contributed by atoms with Crippen molar-refractivity contribution in [1.29, 1.82) is 0 Å². The predicted octanol–water partition coefficient (Wildman–Crippen LogP) is 3.39. The van der Waals surface area contributed by atoms with Gasteiger partial charge in [-0.3, -0.25) is 9.69 Å². The van der Waals surface area contributed by atoms with E-state index in [0.717, 1.165) is 18.4 Å². The summed E-state index contributed by atoms with van der Waals surface area (Å²) in [7, 11) is 1.28. The van der Waals surface area contributed by atoms with Crippen LogP contribution in [0.3, 0.4) is 0 Å². The number of carbonyl (C=O) groups excluding carboxylic acids is 3. The highest BCUT2D eigenvalue weighted by atomic mass is 16.7. The fourth-order valence-corrected chi connectivity index (χ4v) is 5.17. The molecule has 3 aliphatic rings. The topological polar surface area (TPSA) is 91.4 Å². The highest BCUT2D eigenvalue weighted by molar-refractivity contribution is 5.98. The first-order valence-electron chi connectivity index (χ1n) is 11.4. The number of ether oxygens (including phenoxy) is 4. The standard InChI is InChI=1S/C25H31NO7/c1-24(2)19(27)12-13-25(33-20-11-7-8-14-31-20)15-18(21(28)30-3)26(22(24)25)23(29)32-16-17-9-5-4-6-10-17/h4-6,9-10,12-13,18,20,22H,7-8,11,14-16H2,1-3H3/t18-,20?,22?,25-/m0/s1. The number of allylic oxidation sites excluding steroid dienone is 1. The number of likely N-dealkylation sites (tertiary alicyclic amines) is 1. The second-order valence-electron chi connectivity index (χ2n) is 9.38. The van der Waals surface area contributed by atoms with Gasteiger partial charge in [0.05, 0.1) is 18.6 Å². The van der Waals surface area contributed by atoms with Gasteiger partial charge >= 0.3 is 12.1 Å². The van der Waals surface area contributed by atoms with E-state index >= 15 is 0 Å². The van der Waals surface area contributed by atoms with E-state index in [9.17, 15) is 14.4 Å². The molecule has 33 heavy (non-hydrogen) atoms.